The third-order valence-corrected chi connectivity index (χ3v) is 5.92. The largest absolute Gasteiger partial charge is 0.325 e. The van der Waals surface area contributed by atoms with E-state index in [-0.39, 0.29) is 18.2 Å². The van der Waals surface area contributed by atoms with Crippen molar-refractivity contribution in [2.45, 2.75) is 11.7 Å². The number of para-hydroxylation sites is 3. The summed E-state index contributed by atoms with van der Waals surface area (Å²) in [6.45, 7) is 0. The normalized spacial score (nSPS) is 17.4. The Bertz CT molecular complexity index is 1090. The van der Waals surface area contributed by atoms with Gasteiger partial charge in [-0.2, -0.15) is 0 Å². The predicted octanol–water partition coefficient (Wildman–Crippen LogP) is 5.50. The summed E-state index contributed by atoms with van der Waals surface area (Å²) in [5, 5.41) is 3.21. The number of aliphatic imine (C=N–C) groups is 1. The highest BCUT2D eigenvalue weighted by molar-refractivity contribution is 8.16. The number of carbonyl (C=O) groups excluding carboxylic acids is 2. The van der Waals surface area contributed by atoms with Crippen molar-refractivity contribution in [2.75, 3.05) is 10.2 Å². The molecule has 30 heavy (non-hydrogen) atoms. The van der Waals surface area contributed by atoms with Gasteiger partial charge in [-0.3, -0.25) is 14.5 Å². The molecule has 0 aliphatic carbocycles. The molecule has 3 aromatic rings. The summed E-state index contributed by atoms with van der Waals surface area (Å²) in [6.07, 6.45) is 0.0197. The minimum absolute atomic E-state index is 0.0197. The van der Waals surface area contributed by atoms with Gasteiger partial charge in [0.1, 0.15) is 5.25 Å². The second-order valence-electron chi connectivity index (χ2n) is 6.58. The van der Waals surface area contributed by atoms with Crippen LogP contribution in [-0.4, -0.2) is 22.2 Å². The molecule has 0 bridgehead atoms. The smallest absolute Gasteiger partial charge is 0.247 e. The molecule has 2 amide bonds. The van der Waals surface area contributed by atoms with Gasteiger partial charge < -0.3 is 5.32 Å². The van der Waals surface area contributed by atoms with Gasteiger partial charge in [0.05, 0.1) is 22.1 Å². The van der Waals surface area contributed by atoms with Gasteiger partial charge in [0.2, 0.25) is 11.8 Å². The van der Waals surface area contributed by atoms with Crippen LogP contribution in [0.25, 0.3) is 0 Å². The first-order valence-electron chi connectivity index (χ1n) is 9.35. The first kappa shape index (κ1) is 20.2. The number of nitrogens with zero attached hydrogens (tertiary/aromatic N) is 2. The van der Waals surface area contributed by atoms with E-state index in [9.17, 15) is 9.59 Å². The Morgan fingerprint density at radius 2 is 1.60 bits per heavy atom. The van der Waals surface area contributed by atoms with Crippen LogP contribution < -0.4 is 10.2 Å². The molecule has 0 saturated carbocycles. The summed E-state index contributed by atoms with van der Waals surface area (Å²) in [5.41, 5.74) is 1.99. The molecule has 1 heterocycles. The maximum absolute atomic E-state index is 13.2. The van der Waals surface area contributed by atoms with Gasteiger partial charge in [-0.05, 0) is 36.4 Å². The second kappa shape index (κ2) is 9.15. The summed E-state index contributed by atoms with van der Waals surface area (Å²) >= 11 is 7.41. The average molecular weight is 436 g/mol. The molecule has 5 nitrogen and oxygen atoms in total. The van der Waals surface area contributed by atoms with E-state index in [1.54, 1.807) is 29.2 Å². The summed E-state index contributed by atoms with van der Waals surface area (Å²) in [7, 11) is 0. The van der Waals surface area contributed by atoms with Crippen molar-refractivity contribution < 1.29 is 9.59 Å². The van der Waals surface area contributed by atoms with E-state index < -0.39 is 5.25 Å². The highest BCUT2D eigenvalue weighted by Crippen LogP contribution is 2.35. The van der Waals surface area contributed by atoms with E-state index in [4.69, 9.17) is 11.6 Å². The number of thioether (sulfide) groups is 1. The minimum atomic E-state index is -0.574. The number of carbonyl (C=O) groups is 2. The third-order valence-electron chi connectivity index (χ3n) is 4.45. The Morgan fingerprint density at radius 1 is 0.967 bits per heavy atom. The number of anilines is 2. The van der Waals surface area contributed by atoms with Crippen LogP contribution in [0.5, 0.6) is 0 Å². The Morgan fingerprint density at radius 3 is 2.30 bits per heavy atom. The van der Waals surface area contributed by atoms with Gasteiger partial charge in [0.25, 0.3) is 0 Å². The van der Waals surface area contributed by atoms with Crippen molar-refractivity contribution in [3.63, 3.8) is 0 Å². The topological polar surface area (TPSA) is 61.8 Å². The molecule has 1 fully saturated rings. The number of halogens is 1. The Labute approximate surface area is 183 Å². The van der Waals surface area contributed by atoms with Crippen molar-refractivity contribution >= 4 is 57.4 Å². The number of hydrogen-bond acceptors (Lipinski definition) is 4. The second-order valence-corrected chi connectivity index (χ2v) is 8.15. The first-order valence-corrected chi connectivity index (χ1v) is 10.6. The molecular weight excluding hydrogens is 418 g/mol. The van der Waals surface area contributed by atoms with Gasteiger partial charge in [0.15, 0.2) is 5.17 Å². The number of hydrogen-bond donors (Lipinski definition) is 1. The van der Waals surface area contributed by atoms with Crippen LogP contribution >= 0.6 is 23.4 Å². The Hall–Kier alpha value is -3.09. The summed E-state index contributed by atoms with van der Waals surface area (Å²) in [6, 6.07) is 25.8. The van der Waals surface area contributed by atoms with E-state index in [0.29, 0.717) is 15.9 Å². The molecule has 0 spiro atoms. The molecule has 150 valence electrons. The van der Waals surface area contributed by atoms with Crippen LogP contribution in [0.3, 0.4) is 0 Å². The van der Waals surface area contributed by atoms with Gasteiger partial charge in [-0.1, -0.05) is 71.9 Å². The van der Waals surface area contributed by atoms with Crippen LogP contribution in [-0.2, 0) is 9.59 Å². The highest BCUT2D eigenvalue weighted by atomic mass is 35.5. The maximum Gasteiger partial charge on any atom is 0.247 e. The predicted molar refractivity (Wildman–Crippen MR) is 124 cm³/mol. The van der Waals surface area contributed by atoms with Crippen LogP contribution in [0.15, 0.2) is 89.9 Å². The Balaban J connectivity index is 1.57. The lowest BCUT2D eigenvalue weighted by Gasteiger charge is -2.16. The number of nitrogens with one attached hydrogen (secondary N) is 1. The van der Waals surface area contributed by atoms with Crippen molar-refractivity contribution in [3.8, 4) is 0 Å². The molecule has 0 aromatic heterocycles. The molecule has 1 N–H and O–H groups in total. The molecule has 1 aliphatic rings. The van der Waals surface area contributed by atoms with Crippen LogP contribution in [0.1, 0.15) is 6.42 Å². The van der Waals surface area contributed by atoms with Crippen LogP contribution in [0.2, 0.25) is 5.02 Å². The average Bonchev–Trinajstić information content (AvgIpc) is 3.05. The molecule has 0 radical (unpaired) electrons. The number of rotatable bonds is 5. The van der Waals surface area contributed by atoms with E-state index in [0.717, 1.165) is 11.4 Å². The lowest BCUT2D eigenvalue weighted by Crippen LogP contribution is -2.33. The molecule has 1 aliphatic heterocycles. The van der Waals surface area contributed by atoms with Gasteiger partial charge >= 0.3 is 0 Å². The highest BCUT2D eigenvalue weighted by Gasteiger charge is 2.40. The minimum Gasteiger partial charge on any atom is -0.325 e. The van der Waals surface area contributed by atoms with E-state index in [1.165, 1.54) is 11.8 Å². The Kier molecular flexibility index (Phi) is 6.16. The summed E-state index contributed by atoms with van der Waals surface area (Å²) in [5.74, 6) is -0.446. The third kappa shape index (κ3) is 4.56. The molecule has 0 unspecified atom stereocenters. The van der Waals surface area contributed by atoms with E-state index in [2.05, 4.69) is 10.3 Å². The SMILES string of the molecule is O=C(C[C@H]1SC(=Nc2ccccc2)N(c2ccccc2)C1=O)Nc1ccccc1Cl. The van der Waals surface area contributed by atoms with Crippen LogP contribution in [0, 0.1) is 0 Å². The molecule has 7 heteroatoms. The van der Waals surface area contributed by atoms with Crippen molar-refractivity contribution in [1.29, 1.82) is 0 Å². The van der Waals surface area contributed by atoms with Crippen molar-refractivity contribution in [3.05, 3.63) is 90.0 Å². The van der Waals surface area contributed by atoms with Gasteiger partial charge in [-0.25, -0.2) is 4.99 Å². The molecule has 1 atom stereocenters. The molecular formula is C23H18ClN3O2S. The number of amides is 2. The molecule has 4 rings (SSSR count). The number of amidine groups is 1. The van der Waals surface area contributed by atoms with Gasteiger partial charge in [-0.15, -0.1) is 0 Å². The van der Waals surface area contributed by atoms with Crippen LogP contribution in [0.4, 0.5) is 17.1 Å². The molecule has 3 aromatic carbocycles. The van der Waals surface area contributed by atoms with Crippen molar-refractivity contribution in [2.24, 2.45) is 4.99 Å². The quantitative estimate of drug-likeness (QED) is 0.575. The zero-order valence-corrected chi connectivity index (χ0v) is 17.4. The standard InChI is InChI=1S/C23H18ClN3O2S/c24-18-13-7-8-14-19(18)26-21(28)15-20-22(29)27(17-11-5-2-6-12-17)23(30-20)25-16-9-3-1-4-10-16/h1-14,20H,15H2,(H,26,28)/t20-/m1/s1. The van der Waals surface area contributed by atoms with E-state index in [1.807, 2.05) is 60.7 Å². The first-order chi connectivity index (χ1) is 14.6. The monoisotopic (exact) mass is 435 g/mol. The molecule has 1 saturated heterocycles. The van der Waals surface area contributed by atoms with Crippen molar-refractivity contribution in [1.82, 2.24) is 0 Å². The fourth-order valence-electron chi connectivity index (χ4n) is 3.03. The van der Waals surface area contributed by atoms with Gasteiger partial charge in [0, 0.05) is 6.42 Å². The summed E-state index contributed by atoms with van der Waals surface area (Å²) in [4.78, 5) is 32.0. The maximum atomic E-state index is 13.2. The zero-order valence-electron chi connectivity index (χ0n) is 15.9. The van der Waals surface area contributed by atoms with E-state index >= 15 is 0 Å². The zero-order chi connectivity index (χ0) is 20.9. The summed E-state index contributed by atoms with van der Waals surface area (Å²) < 4.78 is 0. The lowest BCUT2D eigenvalue weighted by molar-refractivity contribution is -0.121. The lowest BCUT2D eigenvalue weighted by atomic mass is 10.2. The fraction of sp³-hybridized carbons (Fsp3) is 0.0870. The fourth-order valence-corrected chi connectivity index (χ4v) is 4.37. The number of benzene rings is 3.